The molecule has 0 saturated heterocycles. The Bertz CT molecular complexity index is 865. The number of alkyl halides is 3. The van der Waals surface area contributed by atoms with Crippen molar-refractivity contribution in [3.8, 4) is 5.75 Å². The van der Waals surface area contributed by atoms with E-state index in [1.54, 1.807) is 6.07 Å². The monoisotopic (exact) mass is 406 g/mol. The van der Waals surface area contributed by atoms with Crippen molar-refractivity contribution in [3.05, 3.63) is 41.1 Å². The maximum Gasteiger partial charge on any atom is 0.573 e. The Morgan fingerprint density at radius 3 is 2.66 bits per heavy atom. The van der Waals surface area contributed by atoms with Gasteiger partial charge in [0, 0.05) is 30.9 Å². The van der Waals surface area contributed by atoms with Crippen molar-refractivity contribution < 1.29 is 17.9 Å². The molecule has 2 heterocycles. The summed E-state index contributed by atoms with van der Waals surface area (Å²) in [5, 5.41) is 3.46. The summed E-state index contributed by atoms with van der Waals surface area (Å²) >= 11 is 0. The van der Waals surface area contributed by atoms with Crippen LogP contribution < -0.4 is 15.0 Å². The van der Waals surface area contributed by atoms with Crippen molar-refractivity contribution in [2.45, 2.75) is 64.4 Å². The molecule has 1 aliphatic heterocycles. The van der Waals surface area contributed by atoms with Crippen LogP contribution in [-0.4, -0.2) is 28.9 Å². The number of anilines is 2. The van der Waals surface area contributed by atoms with Gasteiger partial charge in [0.15, 0.2) is 0 Å². The highest BCUT2D eigenvalue weighted by Gasteiger charge is 2.31. The number of nitrogens with zero attached hydrogens (tertiary/aromatic N) is 3. The second-order valence-corrected chi connectivity index (χ2v) is 7.67. The lowest BCUT2D eigenvalue weighted by Crippen LogP contribution is -2.31. The molecule has 1 aliphatic carbocycles. The average molecular weight is 406 g/mol. The molecular weight excluding hydrogens is 381 g/mol. The predicted octanol–water partition coefficient (Wildman–Crippen LogP) is 4.85. The van der Waals surface area contributed by atoms with E-state index in [4.69, 9.17) is 4.98 Å². The van der Waals surface area contributed by atoms with Gasteiger partial charge in [-0.25, -0.2) is 4.98 Å². The first kappa shape index (κ1) is 19.8. The highest BCUT2D eigenvalue weighted by atomic mass is 19.4. The molecule has 1 aromatic heterocycles. The number of hydrogen-bond acceptors (Lipinski definition) is 5. The topological polar surface area (TPSA) is 50.3 Å². The van der Waals surface area contributed by atoms with Crippen LogP contribution in [0.5, 0.6) is 5.75 Å². The molecule has 0 atom stereocenters. The molecule has 29 heavy (non-hydrogen) atoms. The van der Waals surface area contributed by atoms with E-state index in [1.165, 1.54) is 25.0 Å². The first-order valence-corrected chi connectivity index (χ1v) is 10.2. The van der Waals surface area contributed by atoms with Gasteiger partial charge in [-0.15, -0.1) is 13.2 Å². The molecule has 0 spiro atoms. The zero-order valence-electron chi connectivity index (χ0n) is 16.4. The van der Waals surface area contributed by atoms with Crippen LogP contribution in [0, 0.1) is 0 Å². The molecule has 2 aromatic rings. The molecule has 1 N–H and O–H groups in total. The summed E-state index contributed by atoms with van der Waals surface area (Å²) in [6.07, 6.45) is 1.57. The predicted molar refractivity (Wildman–Crippen MR) is 105 cm³/mol. The maximum absolute atomic E-state index is 12.6. The molecule has 156 valence electrons. The minimum atomic E-state index is -4.69. The van der Waals surface area contributed by atoms with Gasteiger partial charge in [0.1, 0.15) is 11.6 Å². The van der Waals surface area contributed by atoms with Crippen LogP contribution in [0.15, 0.2) is 24.3 Å². The van der Waals surface area contributed by atoms with E-state index in [1.807, 2.05) is 6.07 Å². The van der Waals surface area contributed by atoms with Crippen molar-refractivity contribution in [2.75, 3.05) is 16.8 Å². The summed E-state index contributed by atoms with van der Waals surface area (Å²) in [6, 6.07) is 6.97. The molecule has 1 saturated carbocycles. The molecule has 8 heteroatoms. The van der Waals surface area contributed by atoms with Crippen molar-refractivity contribution in [1.29, 1.82) is 0 Å². The standard InChI is InChI=1S/C21H25F3N4O/c1-2-16-12-19(27-20(25-16)26-17-5-3-4-6-17)28-10-9-14-7-8-18(11-15(14)13-28)29-21(22,23)24/h7-8,11-12,17H,2-6,9-10,13H2,1H3,(H,25,26,27). The molecule has 4 rings (SSSR count). The normalized spacial score (nSPS) is 17.3. The molecule has 0 bridgehead atoms. The van der Waals surface area contributed by atoms with Gasteiger partial charge in [-0.3, -0.25) is 0 Å². The molecule has 2 aliphatic rings. The van der Waals surface area contributed by atoms with E-state index < -0.39 is 6.36 Å². The Kier molecular flexibility index (Phi) is 5.52. The van der Waals surface area contributed by atoms with Crippen molar-refractivity contribution in [1.82, 2.24) is 9.97 Å². The summed E-state index contributed by atoms with van der Waals surface area (Å²) in [5.74, 6) is 1.27. The Balaban J connectivity index is 1.55. The van der Waals surface area contributed by atoms with Crippen molar-refractivity contribution >= 4 is 11.8 Å². The lowest BCUT2D eigenvalue weighted by Gasteiger charge is -2.30. The Morgan fingerprint density at radius 2 is 1.93 bits per heavy atom. The quantitative estimate of drug-likeness (QED) is 0.769. The molecule has 0 amide bonds. The first-order chi connectivity index (χ1) is 13.9. The molecule has 1 fully saturated rings. The van der Waals surface area contributed by atoms with Gasteiger partial charge in [-0.05, 0) is 48.9 Å². The van der Waals surface area contributed by atoms with E-state index in [2.05, 4.69) is 26.9 Å². The number of nitrogens with one attached hydrogen (secondary N) is 1. The van der Waals surface area contributed by atoms with Crippen LogP contribution in [0.3, 0.4) is 0 Å². The molecule has 0 radical (unpaired) electrons. The lowest BCUT2D eigenvalue weighted by molar-refractivity contribution is -0.274. The third kappa shape index (κ3) is 4.92. The van der Waals surface area contributed by atoms with E-state index >= 15 is 0 Å². The highest BCUT2D eigenvalue weighted by molar-refractivity contribution is 5.49. The van der Waals surface area contributed by atoms with E-state index in [-0.39, 0.29) is 5.75 Å². The zero-order chi connectivity index (χ0) is 20.4. The number of aryl methyl sites for hydroxylation is 1. The van der Waals surface area contributed by atoms with Gasteiger partial charge < -0.3 is 15.0 Å². The van der Waals surface area contributed by atoms with E-state index in [0.717, 1.165) is 54.9 Å². The molecule has 5 nitrogen and oxygen atoms in total. The third-order valence-electron chi connectivity index (χ3n) is 5.56. The zero-order valence-corrected chi connectivity index (χ0v) is 16.4. The van der Waals surface area contributed by atoms with Crippen molar-refractivity contribution in [3.63, 3.8) is 0 Å². The van der Waals surface area contributed by atoms with Gasteiger partial charge in [0.05, 0.1) is 0 Å². The number of halogens is 3. The van der Waals surface area contributed by atoms with E-state index in [9.17, 15) is 13.2 Å². The smallest absolute Gasteiger partial charge is 0.406 e. The number of rotatable bonds is 5. The van der Waals surface area contributed by atoms with E-state index in [0.29, 0.717) is 18.5 Å². The van der Waals surface area contributed by atoms with Crippen molar-refractivity contribution in [2.24, 2.45) is 0 Å². The maximum atomic E-state index is 12.6. The summed E-state index contributed by atoms with van der Waals surface area (Å²) in [6.45, 7) is 3.31. The van der Waals surface area contributed by atoms with Crippen LogP contribution in [0.2, 0.25) is 0 Å². The van der Waals surface area contributed by atoms with Crippen LogP contribution >= 0.6 is 0 Å². The number of aromatic nitrogens is 2. The Hall–Kier alpha value is -2.51. The van der Waals surface area contributed by atoms with Crippen LogP contribution in [0.1, 0.15) is 49.4 Å². The summed E-state index contributed by atoms with van der Waals surface area (Å²) < 4.78 is 41.7. The fourth-order valence-corrected chi connectivity index (χ4v) is 4.07. The van der Waals surface area contributed by atoms with Crippen LogP contribution in [-0.2, 0) is 19.4 Å². The minimum absolute atomic E-state index is 0.182. The van der Waals surface area contributed by atoms with Gasteiger partial charge in [0.25, 0.3) is 0 Å². The van der Waals surface area contributed by atoms with Gasteiger partial charge in [-0.2, -0.15) is 4.98 Å². The van der Waals surface area contributed by atoms with Crippen LogP contribution in [0.25, 0.3) is 0 Å². The van der Waals surface area contributed by atoms with Gasteiger partial charge in [0.2, 0.25) is 5.95 Å². The number of hydrogen-bond donors (Lipinski definition) is 1. The summed E-state index contributed by atoms with van der Waals surface area (Å²) in [4.78, 5) is 11.4. The fourth-order valence-electron chi connectivity index (χ4n) is 4.07. The largest absolute Gasteiger partial charge is 0.573 e. The lowest BCUT2D eigenvalue weighted by atomic mass is 9.99. The van der Waals surface area contributed by atoms with Gasteiger partial charge in [-0.1, -0.05) is 25.8 Å². The van der Waals surface area contributed by atoms with Crippen LogP contribution in [0.4, 0.5) is 24.9 Å². The molecule has 0 unspecified atom stereocenters. The minimum Gasteiger partial charge on any atom is -0.406 e. The third-order valence-corrected chi connectivity index (χ3v) is 5.56. The second kappa shape index (κ2) is 8.08. The number of benzene rings is 1. The fraction of sp³-hybridized carbons (Fsp3) is 0.524. The average Bonchev–Trinajstić information content (AvgIpc) is 3.19. The highest BCUT2D eigenvalue weighted by Crippen LogP contribution is 2.30. The number of ether oxygens (including phenoxy) is 1. The second-order valence-electron chi connectivity index (χ2n) is 7.67. The summed E-state index contributed by atoms with van der Waals surface area (Å²) in [5.41, 5.74) is 2.83. The molecule has 1 aromatic carbocycles. The summed E-state index contributed by atoms with van der Waals surface area (Å²) in [7, 11) is 0. The van der Waals surface area contributed by atoms with Gasteiger partial charge >= 0.3 is 6.36 Å². The Labute approximate surface area is 168 Å². The Morgan fingerprint density at radius 1 is 1.14 bits per heavy atom. The number of fused-ring (bicyclic) bond motifs is 1. The SMILES string of the molecule is CCc1cc(N2CCc3ccc(OC(F)(F)F)cc3C2)nc(NC2CCCC2)n1. The first-order valence-electron chi connectivity index (χ1n) is 10.2. The molecular formula is C21H25F3N4O.